The molecule has 0 aliphatic carbocycles. The van der Waals surface area contributed by atoms with Crippen molar-refractivity contribution in [2.24, 2.45) is 4.99 Å². The van der Waals surface area contributed by atoms with Gasteiger partial charge in [-0.25, -0.2) is 4.57 Å². The Hall–Kier alpha value is -1.18. The van der Waals surface area contributed by atoms with E-state index >= 15 is 0 Å². The Labute approximate surface area is 72.6 Å². The van der Waals surface area contributed by atoms with Crippen LogP contribution in [0.4, 0.5) is 5.69 Å². The quantitative estimate of drug-likeness (QED) is 0.559. The Morgan fingerprint density at radius 3 is 3.08 bits per heavy atom. The first-order valence-electron chi connectivity index (χ1n) is 4.33. The van der Waals surface area contributed by atoms with Gasteiger partial charge in [0.25, 0.3) is 0 Å². The number of hydrogen-bond donors (Lipinski definition) is 0. The van der Waals surface area contributed by atoms with Crippen LogP contribution < -0.4 is 4.57 Å². The van der Waals surface area contributed by atoms with E-state index in [2.05, 4.69) is 41.9 Å². The van der Waals surface area contributed by atoms with Crippen LogP contribution in [0.5, 0.6) is 0 Å². The van der Waals surface area contributed by atoms with Gasteiger partial charge in [0.1, 0.15) is 5.69 Å². The second kappa shape index (κ2) is 2.70. The van der Waals surface area contributed by atoms with Gasteiger partial charge in [-0.2, -0.15) is 0 Å². The fourth-order valence-electron chi connectivity index (χ4n) is 1.38. The normalized spacial score (nSPS) is 13.9. The van der Waals surface area contributed by atoms with Crippen LogP contribution in [0.15, 0.2) is 23.5 Å². The summed E-state index contributed by atoms with van der Waals surface area (Å²) in [4.78, 5) is 4.30. The predicted octanol–water partition coefficient (Wildman–Crippen LogP) is 1.81. The number of pyridine rings is 1. The molecule has 0 radical (unpaired) electrons. The van der Waals surface area contributed by atoms with Gasteiger partial charge in [-0.1, -0.05) is 0 Å². The summed E-state index contributed by atoms with van der Waals surface area (Å²) in [6.45, 7) is 4.34. The number of rotatable bonds is 1. The monoisotopic (exact) mass is 161 g/mol. The molecule has 62 valence electrons. The molecule has 2 nitrogen and oxygen atoms in total. The molecule has 2 rings (SSSR count). The molecule has 12 heavy (non-hydrogen) atoms. The Bertz CT molecular complexity index is 327. The maximum absolute atomic E-state index is 4.30. The van der Waals surface area contributed by atoms with Crippen molar-refractivity contribution in [2.75, 3.05) is 0 Å². The lowest BCUT2D eigenvalue weighted by Gasteiger charge is -2.00. The zero-order chi connectivity index (χ0) is 8.55. The molecule has 0 atom stereocenters. The van der Waals surface area contributed by atoms with Gasteiger partial charge in [0.2, 0.25) is 0 Å². The van der Waals surface area contributed by atoms with Gasteiger partial charge in [0, 0.05) is 18.7 Å². The Balaban J connectivity index is 2.44. The van der Waals surface area contributed by atoms with E-state index in [9.17, 15) is 0 Å². The van der Waals surface area contributed by atoms with E-state index in [1.54, 1.807) is 0 Å². The van der Waals surface area contributed by atoms with E-state index in [1.165, 1.54) is 5.56 Å². The molecule has 1 aliphatic rings. The summed E-state index contributed by atoms with van der Waals surface area (Å²) < 4.78 is 2.18. The van der Waals surface area contributed by atoms with Crippen molar-refractivity contribution in [1.82, 2.24) is 0 Å². The molecule has 0 unspecified atom stereocenters. The maximum atomic E-state index is 4.30. The first-order valence-corrected chi connectivity index (χ1v) is 4.33. The minimum Gasteiger partial charge on any atom is -0.254 e. The highest BCUT2D eigenvalue weighted by Crippen LogP contribution is 2.21. The molecular formula is C10H13N2+. The molecule has 0 N–H and O–H groups in total. The molecule has 1 aromatic heterocycles. The Kier molecular flexibility index (Phi) is 1.68. The number of hydrogen-bond acceptors (Lipinski definition) is 1. The summed E-state index contributed by atoms with van der Waals surface area (Å²) in [6, 6.07) is 2.67. The minimum atomic E-state index is 0.520. The first-order chi connectivity index (χ1) is 5.77. The third-order valence-electron chi connectivity index (χ3n) is 2.19. The van der Waals surface area contributed by atoms with E-state index in [0.717, 1.165) is 12.1 Å². The number of fused-ring (bicyclic) bond motifs is 1. The largest absolute Gasteiger partial charge is 0.254 e. The van der Waals surface area contributed by atoms with Crippen molar-refractivity contribution < 1.29 is 4.57 Å². The van der Waals surface area contributed by atoms with E-state index in [-0.39, 0.29) is 0 Å². The van der Waals surface area contributed by atoms with Crippen molar-refractivity contribution in [3.05, 3.63) is 24.0 Å². The fourth-order valence-corrected chi connectivity index (χ4v) is 1.38. The van der Waals surface area contributed by atoms with E-state index in [4.69, 9.17) is 0 Å². The summed E-state index contributed by atoms with van der Waals surface area (Å²) in [5, 5.41) is 0. The van der Waals surface area contributed by atoms with Crippen LogP contribution in [0.1, 0.15) is 25.5 Å². The molecule has 2 heterocycles. The molecule has 0 fully saturated rings. The molecule has 0 saturated heterocycles. The second-order valence-corrected chi connectivity index (χ2v) is 3.41. The summed E-state index contributed by atoms with van der Waals surface area (Å²) in [5.74, 6) is 0. The summed E-state index contributed by atoms with van der Waals surface area (Å²) in [6.07, 6.45) is 7.20. The third-order valence-corrected chi connectivity index (χ3v) is 2.19. The third kappa shape index (κ3) is 1.13. The van der Waals surface area contributed by atoms with E-state index in [1.807, 2.05) is 6.21 Å². The Morgan fingerprint density at radius 1 is 1.50 bits per heavy atom. The van der Waals surface area contributed by atoms with Crippen LogP contribution in [-0.2, 0) is 6.42 Å². The molecule has 1 aliphatic heterocycles. The predicted molar refractivity (Wildman–Crippen MR) is 48.9 cm³/mol. The highest BCUT2D eigenvalue weighted by Gasteiger charge is 2.13. The second-order valence-electron chi connectivity index (χ2n) is 3.41. The smallest absolute Gasteiger partial charge is 0.195 e. The lowest BCUT2D eigenvalue weighted by atomic mass is 10.2. The molecule has 0 aromatic carbocycles. The van der Waals surface area contributed by atoms with Crippen LogP contribution in [0.2, 0.25) is 0 Å². The minimum absolute atomic E-state index is 0.520. The van der Waals surface area contributed by atoms with Gasteiger partial charge in [0.15, 0.2) is 18.4 Å². The lowest BCUT2D eigenvalue weighted by molar-refractivity contribution is -0.715. The summed E-state index contributed by atoms with van der Waals surface area (Å²) in [7, 11) is 0. The number of aromatic nitrogens is 1. The number of aliphatic imine (C=N–C) groups is 1. The molecule has 0 saturated carbocycles. The summed E-state index contributed by atoms with van der Waals surface area (Å²) in [5.41, 5.74) is 2.47. The molecule has 0 amide bonds. The van der Waals surface area contributed by atoms with Gasteiger partial charge in [-0.3, -0.25) is 4.99 Å². The van der Waals surface area contributed by atoms with Crippen molar-refractivity contribution in [3.63, 3.8) is 0 Å². The SMILES string of the molecule is CC(C)[n+]1ccc2c(c1)N=CC2. The van der Waals surface area contributed by atoms with E-state index in [0.29, 0.717) is 6.04 Å². The van der Waals surface area contributed by atoms with Crippen molar-refractivity contribution >= 4 is 11.9 Å². The van der Waals surface area contributed by atoms with Crippen LogP contribution >= 0.6 is 0 Å². The van der Waals surface area contributed by atoms with Crippen LogP contribution in [0.25, 0.3) is 0 Å². The molecule has 0 bridgehead atoms. The highest BCUT2D eigenvalue weighted by molar-refractivity contribution is 5.74. The van der Waals surface area contributed by atoms with Crippen LogP contribution in [0.3, 0.4) is 0 Å². The van der Waals surface area contributed by atoms with Gasteiger partial charge in [-0.05, 0) is 19.4 Å². The zero-order valence-corrected chi connectivity index (χ0v) is 7.49. The van der Waals surface area contributed by atoms with Gasteiger partial charge in [-0.15, -0.1) is 0 Å². The molecular weight excluding hydrogens is 148 g/mol. The average Bonchev–Trinajstić information content (AvgIpc) is 2.49. The van der Waals surface area contributed by atoms with Crippen molar-refractivity contribution in [3.8, 4) is 0 Å². The fraction of sp³-hybridized carbons (Fsp3) is 0.400. The van der Waals surface area contributed by atoms with Gasteiger partial charge in [0.05, 0.1) is 0 Å². The molecule has 0 spiro atoms. The van der Waals surface area contributed by atoms with Crippen LogP contribution in [-0.4, -0.2) is 6.21 Å². The van der Waals surface area contributed by atoms with Crippen LogP contribution in [0, 0.1) is 0 Å². The standard InChI is InChI=1S/C10H13N2/c1-8(2)12-6-4-9-3-5-11-10(9)7-12/h4-8H,3H2,1-2H3/q+1. The summed E-state index contributed by atoms with van der Waals surface area (Å²) >= 11 is 0. The van der Waals surface area contributed by atoms with Crippen molar-refractivity contribution in [2.45, 2.75) is 26.3 Å². The Morgan fingerprint density at radius 2 is 2.33 bits per heavy atom. The maximum Gasteiger partial charge on any atom is 0.195 e. The highest BCUT2D eigenvalue weighted by atomic mass is 15.0. The lowest BCUT2D eigenvalue weighted by Crippen LogP contribution is -2.34. The average molecular weight is 161 g/mol. The molecule has 2 heteroatoms. The van der Waals surface area contributed by atoms with Gasteiger partial charge >= 0.3 is 0 Å². The molecule has 1 aromatic rings. The van der Waals surface area contributed by atoms with Crippen molar-refractivity contribution in [1.29, 1.82) is 0 Å². The van der Waals surface area contributed by atoms with Gasteiger partial charge < -0.3 is 0 Å². The van der Waals surface area contributed by atoms with E-state index < -0.39 is 0 Å². The first kappa shape index (κ1) is 7.47. The topological polar surface area (TPSA) is 16.2 Å². The number of nitrogens with zero attached hydrogens (tertiary/aromatic N) is 2. The zero-order valence-electron chi connectivity index (χ0n) is 7.49.